The highest BCUT2D eigenvalue weighted by Crippen LogP contribution is 2.27. The van der Waals surface area contributed by atoms with E-state index in [-0.39, 0.29) is 0 Å². The van der Waals surface area contributed by atoms with Gasteiger partial charge in [-0.05, 0) is 36.4 Å². The molecule has 4 heteroatoms. The Kier molecular flexibility index (Phi) is 3.24. The van der Waals surface area contributed by atoms with Crippen molar-refractivity contribution in [3.8, 4) is 6.07 Å². The predicted octanol–water partition coefficient (Wildman–Crippen LogP) is 4.50. The number of rotatable bonds is 2. The Balaban J connectivity index is 2.02. The molecule has 0 aliphatic carbocycles. The van der Waals surface area contributed by atoms with E-state index in [1.165, 1.54) is 0 Å². The van der Waals surface area contributed by atoms with Gasteiger partial charge < -0.3 is 5.32 Å². The molecule has 1 N–H and O–H groups in total. The van der Waals surface area contributed by atoms with Gasteiger partial charge in [-0.1, -0.05) is 23.7 Å². The monoisotopic (exact) mass is 279 g/mol. The molecule has 20 heavy (non-hydrogen) atoms. The highest BCUT2D eigenvalue weighted by Gasteiger charge is 2.06. The third-order valence-corrected chi connectivity index (χ3v) is 3.32. The van der Waals surface area contributed by atoms with Crippen molar-refractivity contribution in [1.82, 2.24) is 4.98 Å². The lowest BCUT2D eigenvalue weighted by Crippen LogP contribution is -1.94. The van der Waals surface area contributed by atoms with Crippen LogP contribution >= 0.6 is 11.6 Å². The third-order valence-electron chi connectivity index (χ3n) is 3.01. The summed E-state index contributed by atoms with van der Waals surface area (Å²) in [6.07, 6.45) is 1.76. The number of hydrogen-bond acceptors (Lipinski definition) is 3. The number of hydrogen-bond donors (Lipinski definition) is 1. The molecule has 0 radical (unpaired) electrons. The van der Waals surface area contributed by atoms with E-state index in [1.807, 2.05) is 42.5 Å². The van der Waals surface area contributed by atoms with E-state index >= 15 is 0 Å². The predicted molar refractivity (Wildman–Crippen MR) is 81.2 cm³/mol. The Morgan fingerprint density at radius 1 is 1.10 bits per heavy atom. The smallest absolute Gasteiger partial charge is 0.103 e. The Morgan fingerprint density at radius 2 is 2.00 bits per heavy atom. The van der Waals surface area contributed by atoms with E-state index in [1.54, 1.807) is 12.3 Å². The van der Waals surface area contributed by atoms with Gasteiger partial charge in [0.05, 0.1) is 21.8 Å². The minimum absolute atomic E-state index is 0.444. The molecule has 2 aromatic carbocycles. The van der Waals surface area contributed by atoms with E-state index in [9.17, 15) is 0 Å². The van der Waals surface area contributed by atoms with Gasteiger partial charge in [-0.15, -0.1) is 0 Å². The summed E-state index contributed by atoms with van der Waals surface area (Å²) in [5.74, 6) is 0. The number of nitriles is 1. The normalized spacial score (nSPS) is 10.2. The van der Waals surface area contributed by atoms with E-state index in [0.717, 1.165) is 16.6 Å². The summed E-state index contributed by atoms with van der Waals surface area (Å²) >= 11 is 6.02. The van der Waals surface area contributed by atoms with Crippen molar-refractivity contribution in [2.45, 2.75) is 0 Å². The number of fused-ring (bicyclic) bond motifs is 1. The topological polar surface area (TPSA) is 48.7 Å². The van der Waals surface area contributed by atoms with Crippen LogP contribution in [0.2, 0.25) is 5.02 Å². The van der Waals surface area contributed by atoms with Gasteiger partial charge in [0.25, 0.3) is 0 Å². The molecule has 0 aliphatic heterocycles. The van der Waals surface area contributed by atoms with Crippen molar-refractivity contribution >= 4 is 33.9 Å². The van der Waals surface area contributed by atoms with Gasteiger partial charge >= 0.3 is 0 Å². The molecule has 0 aliphatic rings. The number of anilines is 2. The molecular formula is C16H10ClN3. The van der Waals surface area contributed by atoms with Crippen LogP contribution in [0.3, 0.4) is 0 Å². The van der Waals surface area contributed by atoms with Crippen LogP contribution in [0.1, 0.15) is 5.56 Å². The molecule has 0 bridgehead atoms. The summed E-state index contributed by atoms with van der Waals surface area (Å²) in [7, 11) is 0. The fraction of sp³-hybridized carbons (Fsp3) is 0. The highest BCUT2D eigenvalue weighted by molar-refractivity contribution is 6.32. The van der Waals surface area contributed by atoms with Crippen molar-refractivity contribution < 1.29 is 0 Å². The Morgan fingerprint density at radius 3 is 2.85 bits per heavy atom. The zero-order valence-electron chi connectivity index (χ0n) is 10.5. The largest absolute Gasteiger partial charge is 0.354 e. The molecule has 0 saturated heterocycles. The number of nitrogens with zero attached hydrogens (tertiary/aromatic N) is 2. The van der Waals surface area contributed by atoms with E-state index in [4.69, 9.17) is 16.9 Å². The molecule has 0 spiro atoms. The first-order valence-electron chi connectivity index (χ1n) is 6.08. The molecule has 3 nitrogen and oxygen atoms in total. The first-order valence-corrected chi connectivity index (χ1v) is 6.46. The first-order chi connectivity index (χ1) is 9.78. The zero-order chi connectivity index (χ0) is 13.9. The Bertz CT molecular complexity index is 821. The molecule has 0 amide bonds. The second kappa shape index (κ2) is 5.20. The maximum atomic E-state index is 9.16. The van der Waals surface area contributed by atoms with Gasteiger partial charge in [-0.25, -0.2) is 0 Å². The van der Waals surface area contributed by atoms with E-state index in [2.05, 4.69) is 16.4 Å². The lowest BCUT2D eigenvalue weighted by molar-refractivity contribution is 1.41. The van der Waals surface area contributed by atoms with Crippen molar-refractivity contribution in [2.24, 2.45) is 0 Å². The van der Waals surface area contributed by atoms with Gasteiger partial charge in [0, 0.05) is 17.3 Å². The van der Waals surface area contributed by atoms with Crippen molar-refractivity contribution in [3.63, 3.8) is 0 Å². The number of pyridine rings is 1. The summed E-state index contributed by atoms with van der Waals surface area (Å²) in [5, 5.41) is 13.9. The molecule has 0 unspecified atom stereocenters. The van der Waals surface area contributed by atoms with Gasteiger partial charge in [0.1, 0.15) is 6.07 Å². The van der Waals surface area contributed by atoms with Gasteiger partial charge in [-0.2, -0.15) is 5.26 Å². The summed E-state index contributed by atoms with van der Waals surface area (Å²) in [6.45, 7) is 0. The summed E-state index contributed by atoms with van der Waals surface area (Å²) in [6, 6.07) is 17.2. The van der Waals surface area contributed by atoms with Gasteiger partial charge in [0.2, 0.25) is 0 Å². The standard InChI is InChI=1S/C16H10ClN3/c17-14-4-1-5-16(13(14)10-18)20-12-6-7-15-11(9-12)3-2-8-19-15/h1-9,20H. The summed E-state index contributed by atoms with van der Waals surface area (Å²) < 4.78 is 0. The molecule has 0 saturated carbocycles. The molecule has 1 aromatic heterocycles. The molecule has 0 fully saturated rings. The first kappa shape index (κ1) is 12.5. The van der Waals surface area contributed by atoms with Gasteiger partial charge in [0.15, 0.2) is 0 Å². The summed E-state index contributed by atoms with van der Waals surface area (Å²) in [5.41, 5.74) is 2.97. The fourth-order valence-corrected chi connectivity index (χ4v) is 2.27. The second-order valence-corrected chi connectivity index (χ2v) is 4.72. The van der Waals surface area contributed by atoms with Crippen molar-refractivity contribution in [2.75, 3.05) is 5.32 Å². The maximum Gasteiger partial charge on any atom is 0.103 e. The minimum Gasteiger partial charge on any atom is -0.354 e. The average Bonchev–Trinajstić information content (AvgIpc) is 2.47. The number of aromatic nitrogens is 1. The lowest BCUT2D eigenvalue weighted by Gasteiger charge is -2.09. The van der Waals surface area contributed by atoms with Crippen LogP contribution in [0.15, 0.2) is 54.7 Å². The van der Waals surface area contributed by atoms with Crippen LogP contribution in [-0.4, -0.2) is 4.98 Å². The summed E-state index contributed by atoms with van der Waals surface area (Å²) in [4.78, 5) is 4.28. The van der Waals surface area contributed by atoms with Crippen LogP contribution < -0.4 is 5.32 Å². The Labute approximate surface area is 121 Å². The molecule has 96 valence electrons. The molecule has 1 heterocycles. The minimum atomic E-state index is 0.444. The Hall–Kier alpha value is -2.57. The molecular weight excluding hydrogens is 270 g/mol. The highest BCUT2D eigenvalue weighted by atomic mass is 35.5. The van der Waals surface area contributed by atoms with Crippen LogP contribution in [0, 0.1) is 11.3 Å². The third kappa shape index (κ3) is 2.29. The number of benzene rings is 2. The van der Waals surface area contributed by atoms with E-state index in [0.29, 0.717) is 16.3 Å². The molecule has 3 aromatic rings. The zero-order valence-corrected chi connectivity index (χ0v) is 11.2. The van der Waals surface area contributed by atoms with Crippen molar-refractivity contribution in [3.05, 3.63) is 65.3 Å². The lowest BCUT2D eigenvalue weighted by atomic mass is 10.1. The van der Waals surface area contributed by atoms with Crippen LogP contribution in [0.5, 0.6) is 0 Å². The van der Waals surface area contributed by atoms with Crippen LogP contribution in [0.25, 0.3) is 10.9 Å². The quantitative estimate of drug-likeness (QED) is 0.751. The molecule has 0 atom stereocenters. The second-order valence-electron chi connectivity index (χ2n) is 4.31. The van der Waals surface area contributed by atoms with Gasteiger partial charge in [-0.3, -0.25) is 4.98 Å². The fourth-order valence-electron chi connectivity index (χ4n) is 2.05. The number of halogens is 1. The van der Waals surface area contributed by atoms with Crippen LogP contribution in [0.4, 0.5) is 11.4 Å². The average molecular weight is 280 g/mol. The number of nitrogens with one attached hydrogen (secondary N) is 1. The SMILES string of the molecule is N#Cc1c(Cl)cccc1Nc1ccc2ncccc2c1. The molecule has 3 rings (SSSR count). The van der Waals surface area contributed by atoms with E-state index < -0.39 is 0 Å². The van der Waals surface area contributed by atoms with Crippen molar-refractivity contribution in [1.29, 1.82) is 5.26 Å². The van der Waals surface area contributed by atoms with Crippen LogP contribution in [-0.2, 0) is 0 Å². The maximum absolute atomic E-state index is 9.16.